The number of amides is 1. The summed E-state index contributed by atoms with van der Waals surface area (Å²) in [5, 5.41) is 3.40. The monoisotopic (exact) mass is 326 g/mol. The number of ether oxygens (including phenoxy) is 3. The minimum Gasteiger partial charge on any atom is -0.493 e. The van der Waals surface area contributed by atoms with Crippen LogP contribution in [0.2, 0.25) is 0 Å². The van der Waals surface area contributed by atoms with E-state index in [-0.39, 0.29) is 12.1 Å². The van der Waals surface area contributed by atoms with Gasteiger partial charge in [-0.15, -0.1) is 0 Å². The Morgan fingerprint density at radius 1 is 1.21 bits per heavy atom. The highest BCUT2D eigenvalue weighted by Crippen LogP contribution is 2.43. The van der Waals surface area contributed by atoms with Crippen LogP contribution < -0.4 is 19.5 Å². The molecule has 2 aliphatic heterocycles. The largest absolute Gasteiger partial charge is 0.493 e. The predicted octanol–water partition coefficient (Wildman–Crippen LogP) is 2.66. The first-order valence-corrected chi connectivity index (χ1v) is 7.79. The van der Waals surface area contributed by atoms with Gasteiger partial charge >= 0.3 is 0 Å². The van der Waals surface area contributed by atoms with Crippen LogP contribution in [-0.2, 0) is 0 Å². The van der Waals surface area contributed by atoms with E-state index in [0.29, 0.717) is 36.0 Å². The van der Waals surface area contributed by atoms with Gasteiger partial charge in [-0.2, -0.15) is 0 Å². The number of para-hydroxylation sites is 1. The molecular formula is C18H18N2O4. The molecule has 2 aromatic rings. The molecule has 2 heterocycles. The summed E-state index contributed by atoms with van der Waals surface area (Å²) in [5.74, 6) is 1.82. The Labute approximate surface area is 139 Å². The lowest BCUT2D eigenvalue weighted by Gasteiger charge is -2.36. The van der Waals surface area contributed by atoms with Crippen molar-refractivity contribution >= 4 is 11.6 Å². The molecule has 1 atom stereocenters. The number of hydrogen-bond donors (Lipinski definition) is 1. The van der Waals surface area contributed by atoms with Crippen LogP contribution in [0.15, 0.2) is 36.4 Å². The molecule has 0 aromatic heterocycles. The standard InChI is InChI=1S/C18H18N2O4/c1-20-17(19-13-6-4-3-5-12(13)18(20)21)11-9-14(22-2)16-15(10-11)23-7-8-24-16/h3-6,9-10,17,19H,7-8H2,1-2H3. The van der Waals surface area contributed by atoms with E-state index in [1.165, 1.54) is 0 Å². The van der Waals surface area contributed by atoms with Crippen LogP contribution in [0.25, 0.3) is 0 Å². The molecule has 0 spiro atoms. The fourth-order valence-corrected chi connectivity index (χ4v) is 3.11. The average Bonchev–Trinajstić information content (AvgIpc) is 2.63. The number of carbonyl (C=O) groups excluding carboxylic acids is 1. The van der Waals surface area contributed by atoms with Crippen molar-refractivity contribution in [2.45, 2.75) is 6.17 Å². The van der Waals surface area contributed by atoms with Crippen molar-refractivity contribution in [1.29, 1.82) is 0 Å². The number of fused-ring (bicyclic) bond motifs is 2. The van der Waals surface area contributed by atoms with E-state index in [4.69, 9.17) is 14.2 Å². The van der Waals surface area contributed by atoms with Crippen molar-refractivity contribution in [3.05, 3.63) is 47.5 Å². The molecule has 6 nitrogen and oxygen atoms in total. The summed E-state index contributed by atoms with van der Waals surface area (Å²) in [4.78, 5) is 14.3. The number of benzene rings is 2. The van der Waals surface area contributed by atoms with Crippen LogP contribution in [0.4, 0.5) is 5.69 Å². The molecule has 124 valence electrons. The zero-order valence-corrected chi connectivity index (χ0v) is 13.5. The third-order valence-corrected chi connectivity index (χ3v) is 4.32. The van der Waals surface area contributed by atoms with Crippen LogP contribution in [0, 0.1) is 0 Å². The minimum atomic E-state index is -0.308. The quantitative estimate of drug-likeness (QED) is 0.919. The van der Waals surface area contributed by atoms with Gasteiger partial charge in [-0.25, -0.2) is 0 Å². The van der Waals surface area contributed by atoms with Crippen LogP contribution >= 0.6 is 0 Å². The fourth-order valence-electron chi connectivity index (χ4n) is 3.11. The van der Waals surface area contributed by atoms with Gasteiger partial charge in [0.05, 0.1) is 12.7 Å². The van der Waals surface area contributed by atoms with Gasteiger partial charge in [0, 0.05) is 18.3 Å². The number of nitrogens with one attached hydrogen (secondary N) is 1. The van der Waals surface area contributed by atoms with Gasteiger partial charge in [0.1, 0.15) is 19.4 Å². The van der Waals surface area contributed by atoms with Gasteiger partial charge in [0.25, 0.3) is 5.91 Å². The Hall–Kier alpha value is -2.89. The maximum atomic E-state index is 12.6. The molecular weight excluding hydrogens is 308 g/mol. The summed E-state index contributed by atoms with van der Waals surface area (Å²) in [5.41, 5.74) is 2.36. The molecule has 0 aliphatic carbocycles. The van der Waals surface area contributed by atoms with Crippen molar-refractivity contribution in [3.63, 3.8) is 0 Å². The third-order valence-electron chi connectivity index (χ3n) is 4.32. The lowest BCUT2D eigenvalue weighted by Crippen LogP contribution is -2.40. The minimum absolute atomic E-state index is 0.0248. The lowest BCUT2D eigenvalue weighted by atomic mass is 10.0. The van der Waals surface area contributed by atoms with Gasteiger partial charge in [-0.3, -0.25) is 4.79 Å². The number of hydrogen-bond acceptors (Lipinski definition) is 5. The number of carbonyl (C=O) groups is 1. The summed E-state index contributed by atoms with van der Waals surface area (Å²) in [6, 6.07) is 11.3. The zero-order chi connectivity index (χ0) is 16.7. The molecule has 24 heavy (non-hydrogen) atoms. The molecule has 0 bridgehead atoms. The smallest absolute Gasteiger partial charge is 0.257 e. The summed E-state index contributed by atoms with van der Waals surface area (Å²) in [7, 11) is 3.37. The molecule has 2 aromatic carbocycles. The second-order valence-electron chi connectivity index (χ2n) is 5.76. The Bertz CT molecular complexity index is 788. The van der Waals surface area contributed by atoms with E-state index in [1.54, 1.807) is 19.1 Å². The number of anilines is 1. The predicted molar refractivity (Wildman–Crippen MR) is 88.9 cm³/mol. The van der Waals surface area contributed by atoms with E-state index >= 15 is 0 Å². The Balaban J connectivity index is 1.78. The first-order chi connectivity index (χ1) is 11.7. The van der Waals surface area contributed by atoms with E-state index in [1.807, 2.05) is 36.4 Å². The second kappa shape index (κ2) is 5.63. The topological polar surface area (TPSA) is 60.0 Å². The van der Waals surface area contributed by atoms with E-state index in [0.717, 1.165) is 11.3 Å². The van der Waals surface area contributed by atoms with Gasteiger partial charge in [0.15, 0.2) is 11.5 Å². The first kappa shape index (κ1) is 14.7. The maximum absolute atomic E-state index is 12.6. The molecule has 4 rings (SSSR count). The summed E-state index contributed by atoms with van der Waals surface area (Å²) < 4.78 is 16.8. The molecule has 0 fully saturated rings. The van der Waals surface area contributed by atoms with Crippen molar-refractivity contribution in [2.24, 2.45) is 0 Å². The maximum Gasteiger partial charge on any atom is 0.257 e. The lowest BCUT2D eigenvalue weighted by molar-refractivity contribution is 0.0734. The summed E-state index contributed by atoms with van der Waals surface area (Å²) >= 11 is 0. The van der Waals surface area contributed by atoms with Crippen LogP contribution in [0.3, 0.4) is 0 Å². The highest BCUT2D eigenvalue weighted by molar-refractivity contribution is 6.01. The van der Waals surface area contributed by atoms with Gasteiger partial charge in [-0.05, 0) is 24.3 Å². The SMILES string of the molecule is COc1cc(C2Nc3ccccc3C(=O)N2C)cc2c1OCCO2. The fraction of sp³-hybridized carbons (Fsp3) is 0.278. The zero-order valence-electron chi connectivity index (χ0n) is 13.5. The highest BCUT2D eigenvalue weighted by Gasteiger charge is 2.31. The van der Waals surface area contributed by atoms with Gasteiger partial charge < -0.3 is 24.4 Å². The second-order valence-corrected chi connectivity index (χ2v) is 5.76. The van der Waals surface area contributed by atoms with Crippen LogP contribution in [0.5, 0.6) is 17.2 Å². The molecule has 1 amide bonds. The van der Waals surface area contributed by atoms with Crippen molar-refractivity contribution in [3.8, 4) is 17.2 Å². The van der Waals surface area contributed by atoms with E-state index in [9.17, 15) is 4.79 Å². The van der Waals surface area contributed by atoms with Crippen molar-refractivity contribution < 1.29 is 19.0 Å². The third kappa shape index (κ3) is 2.22. The molecule has 0 saturated carbocycles. The van der Waals surface area contributed by atoms with Crippen molar-refractivity contribution in [1.82, 2.24) is 4.90 Å². The molecule has 6 heteroatoms. The van der Waals surface area contributed by atoms with Gasteiger partial charge in [0.2, 0.25) is 5.75 Å². The molecule has 0 saturated heterocycles. The molecule has 1 unspecified atom stereocenters. The Kier molecular flexibility index (Phi) is 3.45. The Morgan fingerprint density at radius 3 is 2.83 bits per heavy atom. The van der Waals surface area contributed by atoms with Crippen LogP contribution in [-0.4, -0.2) is 38.2 Å². The first-order valence-electron chi connectivity index (χ1n) is 7.79. The van der Waals surface area contributed by atoms with Crippen LogP contribution in [0.1, 0.15) is 22.1 Å². The summed E-state index contributed by atoms with van der Waals surface area (Å²) in [6.07, 6.45) is -0.308. The summed E-state index contributed by atoms with van der Waals surface area (Å²) in [6.45, 7) is 0.992. The number of nitrogens with zero attached hydrogens (tertiary/aromatic N) is 1. The number of rotatable bonds is 2. The average molecular weight is 326 g/mol. The number of methoxy groups -OCH3 is 1. The highest BCUT2D eigenvalue weighted by atomic mass is 16.6. The van der Waals surface area contributed by atoms with E-state index < -0.39 is 0 Å². The molecule has 1 N–H and O–H groups in total. The van der Waals surface area contributed by atoms with Crippen molar-refractivity contribution in [2.75, 3.05) is 32.7 Å². The van der Waals surface area contributed by atoms with E-state index in [2.05, 4.69) is 5.32 Å². The normalized spacial score (nSPS) is 18.7. The molecule has 0 radical (unpaired) electrons. The van der Waals surface area contributed by atoms with Gasteiger partial charge in [-0.1, -0.05) is 12.1 Å². The Morgan fingerprint density at radius 2 is 2.00 bits per heavy atom. The molecule has 2 aliphatic rings.